The van der Waals surface area contributed by atoms with E-state index in [2.05, 4.69) is 45.1 Å². The molecule has 4 heterocycles. The lowest BCUT2D eigenvalue weighted by Crippen LogP contribution is -2.47. The summed E-state index contributed by atoms with van der Waals surface area (Å²) < 4.78 is 0. The minimum atomic E-state index is 0.186. The molecule has 5 rings (SSSR count). The monoisotopic (exact) mass is 341 g/mol. The summed E-state index contributed by atoms with van der Waals surface area (Å²) in [6.45, 7) is 5.88. The first-order chi connectivity index (χ1) is 11.7. The molecular weight excluding hydrogens is 318 g/mol. The zero-order valence-electron chi connectivity index (χ0n) is 14.0. The first-order valence-electron chi connectivity index (χ1n) is 8.68. The standard InChI is InChI=1S/C19H23N3OS/c1-14-18(24-13-20-14)19(23)22-11-16-7-8-17(22)12-21(10-16)9-15-5-3-2-4-6-15/h2-6,13,16-17H,7-12H2,1H3/t16-,17+/m0/s1. The van der Waals surface area contributed by atoms with Crippen molar-refractivity contribution in [1.82, 2.24) is 14.8 Å². The van der Waals surface area contributed by atoms with Crippen LogP contribution >= 0.6 is 11.3 Å². The van der Waals surface area contributed by atoms with E-state index in [0.717, 1.165) is 43.2 Å². The molecule has 2 atom stereocenters. The smallest absolute Gasteiger partial charge is 0.266 e. The first kappa shape index (κ1) is 15.8. The van der Waals surface area contributed by atoms with Gasteiger partial charge < -0.3 is 4.90 Å². The highest BCUT2D eigenvalue weighted by Gasteiger charge is 2.38. The lowest BCUT2D eigenvalue weighted by atomic mass is 9.95. The molecule has 0 radical (unpaired) electrons. The van der Waals surface area contributed by atoms with E-state index in [4.69, 9.17) is 0 Å². The topological polar surface area (TPSA) is 36.4 Å². The number of rotatable bonds is 3. The van der Waals surface area contributed by atoms with Crippen LogP contribution in [0.1, 0.15) is 33.8 Å². The molecule has 1 aromatic heterocycles. The van der Waals surface area contributed by atoms with E-state index in [9.17, 15) is 4.79 Å². The Labute approximate surface area is 147 Å². The highest BCUT2D eigenvalue weighted by atomic mass is 32.1. The van der Waals surface area contributed by atoms with Gasteiger partial charge in [-0.15, -0.1) is 11.3 Å². The van der Waals surface area contributed by atoms with Gasteiger partial charge in [-0.2, -0.15) is 0 Å². The highest BCUT2D eigenvalue weighted by Crippen LogP contribution is 2.31. The normalized spacial score (nSPS) is 24.1. The summed E-state index contributed by atoms with van der Waals surface area (Å²) >= 11 is 1.47. The lowest BCUT2D eigenvalue weighted by Gasteiger charge is -2.36. The molecule has 126 valence electrons. The van der Waals surface area contributed by atoms with E-state index < -0.39 is 0 Å². The summed E-state index contributed by atoms with van der Waals surface area (Å²) in [6, 6.07) is 11.0. The third kappa shape index (κ3) is 3.10. The van der Waals surface area contributed by atoms with Crippen molar-refractivity contribution in [1.29, 1.82) is 0 Å². The number of fused-ring (bicyclic) bond motifs is 4. The molecule has 2 bridgehead atoms. The minimum Gasteiger partial charge on any atom is -0.333 e. The highest BCUT2D eigenvalue weighted by molar-refractivity contribution is 7.11. The molecule has 24 heavy (non-hydrogen) atoms. The molecule has 0 aliphatic carbocycles. The maximum Gasteiger partial charge on any atom is 0.266 e. The van der Waals surface area contributed by atoms with E-state index in [-0.39, 0.29) is 5.91 Å². The van der Waals surface area contributed by atoms with Crippen molar-refractivity contribution < 1.29 is 4.79 Å². The van der Waals surface area contributed by atoms with Gasteiger partial charge in [-0.25, -0.2) is 4.98 Å². The van der Waals surface area contributed by atoms with Crippen molar-refractivity contribution in [2.24, 2.45) is 5.92 Å². The summed E-state index contributed by atoms with van der Waals surface area (Å²) in [4.78, 5) is 22.7. The zero-order valence-corrected chi connectivity index (χ0v) is 14.8. The van der Waals surface area contributed by atoms with Crippen LogP contribution in [0.3, 0.4) is 0 Å². The number of carbonyl (C=O) groups is 1. The first-order valence-corrected chi connectivity index (χ1v) is 9.56. The van der Waals surface area contributed by atoms with Crippen LogP contribution in [0.25, 0.3) is 0 Å². The van der Waals surface area contributed by atoms with Crippen molar-refractivity contribution in [2.75, 3.05) is 19.6 Å². The van der Waals surface area contributed by atoms with Gasteiger partial charge >= 0.3 is 0 Å². The molecule has 3 aliphatic rings. The lowest BCUT2D eigenvalue weighted by molar-refractivity contribution is 0.0589. The fourth-order valence-electron chi connectivity index (χ4n) is 4.04. The summed E-state index contributed by atoms with van der Waals surface area (Å²) in [5.41, 5.74) is 4.00. The molecular formula is C19H23N3OS. The molecule has 0 unspecified atom stereocenters. The number of piperidine rings is 1. The van der Waals surface area contributed by atoms with Crippen LogP contribution < -0.4 is 0 Å². The Morgan fingerprint density at radius 1 is 1.21 bits per heavy atom. The third-order valence-electron chi connectivity index (χ3n) is 5.24. The Kier molecular flexibility index (Phi) is 4.37. The average Bonchev–Trinajstić information content (AvgIpc) is 2.83. The summed E-state index contributed by atoms with van der Waals surface area (Å²) in [5.74, 6) is 0.774. The van der Waals surface area contributed by atoms with E-state index in [0.29, 0.717) is 12.0 Å². The molecule has 0 spiro atoms. The van der Waals surface area contributed by atoms with Crippen molar-refractivity contribution in [3.8, 4) is 0 Å². The van der Waals surface area contributed by atoms with Crippen molar-refractivity contribution in [3.63, 3.8) is 0 Å². The molecule has 3 fully saturated rings. The number of hydrogen-bond acceptors (Lipinski definition) is 4. The minimum absolute atomic E-state index is 0.186. The van der Waals surface area contributed by atoms with Crippen LogP contribution in [0.4, 0.5) is 0 Å². The van der Waals surface area contributed by atoms with Gasteiger partial charge in [0.05, 0.1) is 11.2 Å². The number of carbonyl (C=O) groups excluding carboxylic acids is 1. The van der Waals surface area contributed by atoms with Gasteiger partial charge in [0, 0.05) is 32.2 Å². The summed E-state index contributed by atoms with van der Waals surface area (Å²) in [6.07, 6.45) is 2.36. The number of aryl methyl sites for hydroxylation is 1. The van der Waals surface area contributed by atoms with Crippen LogP contribution in [0, 0.1) is 12.8 Å². The van der Waals surface area contributed by atoms with Gasteiger partial charge in [-0.05, 0) is 31.2 Å². The molecule has 4 nitrogen and oxygen atoms in total. The Bertz CT molecular complexity index is 714. The van der Waals surface area contributed by atoms with E-state index >= 15 is 0 Å². The van der Waals surface area contributed by atoms with Crippen molar-refractivity contribution in [2.45, 2.75) is 32.4 Å². The van der Waals surface area contributed by atoms with Crippen LogP contribution in [-0.2, 0) is 6.54 Å². The molecule has 3 saturated heterocycles. The maximum atomic E-state index is 13.0. The summed E-state index contributed by atoms with van der Waals surface area (Å²) in [5, 5.41) is 0. The second-order valence-electron chi connectivity index (χ2n) is 7.00. The Balaban J connectivity index is 1.51. The Morgan fingerprint density at radius 2 is 2.04 bits per heavy atom. The van der Waals surface area contributed by atoms with Gasteiger partial charge in [-0.1, -0.05) is 30.3 Å². The largest absolute Gasteiger partial charge is 0.333 e. The maximum absolute atomic E-state index is 13.0. The van der Waals surface area contributed by atoms with Gasteiger partial charge in [0.1, 0.15) is 4.88 Å². The fraction of sp³-hybridized carbons (Fsp3) is 0.474. The molecule has 2 aromatic rings. The Hall–Kier alpha value is -1.72. The number of hydrogen-bond donors (Lipinski definition) is 0. The zero-order chi connectivity index (χ0) is 16.5. The van der Waals surface area contributed by atoms with Crippen molar-refractivity contribution >= 4 is 17.2 Å². The Morgan fingerprint density at radius 3 is 2.79 bits per heavy atom. The molecule has 3 aliphatic heterocycles. The number of thiazole rings is 1. The summed E-state index contributed by atoms with van der Waals surface area (Å²) in [7, 11) is 0. The van der Waals surface area contributed by atoms with Crippen LogP contribution in [0.2, 0.25) is 0 Å². The third-order valence-corrected chi connectivity index (χ3v) is 6.16. The van der Waals surface area contributed by atoms with Crippen LogP contribution in [-0.4, -0.2) is 46.4 Å². The predicted molar refractivity (Wildman–Crippen MR) is 96.1 cm³/mol. The second kappa shape index (κ2) is 6.65. The predicted octanol–water partition coefficient (Wildman–Crippen LogP) is 3.19. The molecule has 1 aromatic carbocycles. The SMILES string of the molecule is Cc1ncsc1C(=O)N1C[C@H]2CC[C@@H]1CN(Cc1ccccc1)C2. The number of aromatic nitrogens is 1. The van der Waals surface area contributed by atoms with Crippen molar-refractivity contribution in [3.05, 3.63) is 52.0 Å². The van der Waals surface area contributed by atoms with Gasteiger partial charge in [0.15, 0.2) is 0 Å². The number of benzene rings is 1. The average molecular weight is 341 g/mol. The van der Waals surface area contributed by atoms with Gasteiger partial charge in [0.25, 0.3) is 5.91 Å². The fourth-order valence-corrected chi connectivity index (χ4v) is 4.79. The van der Waals surface area contributed by atoms with Gasteiger partial charge in [0.2, 0.25) is 0 Å². The van der Waals surface area contributed by atoms with E-state index in [1.807, 2.05) is 6.92 Å². The van der Waals surface area contributed by atoms with E-state index in [1.165, 1.54) is 23.3 Å². The molecule has 0 N–H and O–H groups in total. The molecule has 5 heteroatoms. The number of nitrogens with zero attached hydrogens (tertiary/aromatic N) is 3. The quantitative estimate of drug-likeness (QED) is 0.860. The van der Waals surface area contributed by atoms with E-state index in [1.54, 1.807) is 5.51 Å². The van der Waals surface area contributed by atoms with Crippen LogP contribution in [0.5, 0.6) is 0 Å². The molecule has 1 amide bonds. The number of amides is 1. The van der Waals surface area contributed by atoms with Crippen LogP contribution in [0.15, 0.2) is 35.8 Å². The molecule has 0 saturated carbocycles. The van der Waals surface area contributed by atoms with Gasteiger partial charge in [-0.3, -0.25) is 9.69 Å². The second-order valence-corrected chi connectivity index (χ2v) is 7.86.